The Labute approximate surface area is 130 Å². The van der Waals surface area contributed by atoms with E-state index in [-0.39, 0.29) is 5.78 Å². The van der Waals surface area contributed by atoms with Crippen molar-refractivity contribution >= 4 is 23.2 Å². The molecular formula is C17H19ClN2O. The van der Waals surface area contributed by atoms with Crippen molar-refractivity contribution in [2.24, 2.45) is 10.9 Å². The predicted octanol–water partition coefficient (Wildman–Crippen LogP) is 3.92. The number of benzene rings is 1. The average Bonchev–Trinajstić information content (AvgIpc) is 2.69. The number of carbonyl (C=O) groups is 1. The van der Waals surface area contributed by atoms with E-state index in [1.165, 1.54) is 0 Å². The lowest BCUT2D eigenvalue weighted by Gasteiger charge is -2.14. The fourth-order valence-corrected chi connectivity index (χ4v) is 2.26. The lowest BCUT2D eigenvalue weighted by molar-refractivity contribution is 0.0971. The molecule has 1 N–H and O–H groups in total. The number of nitrogens with zero attached hydrogens (tertiary/aromatic N) is 1. The standard InChI is InChI=1S/C17H19ClN2O/c1-2-3-10-19-17-15(12-14(18)9-11-20-17)16(21)13-7-5-4-6-8-13/h4-9,11-12,15H,2-3,10H2,1H3,(H,19,20). The Hall–Kier alpha value is -1.87. The zero-order valence-electron chi connectivity index (χ0n) is 12.1. The lowest BCUT2D eigenvalue weighted by Crippen LogP contribution is -2.31. The summed E-state index contributed by atoms with van der Waals surface area (Å²) in [5.74, 6) is 0.191. The van der Waals surface area contributed by atoms with Gasteiger partial charge in [-0.2, -0.15) is 0 Å². The highest BCUT2D eigenvalue weighted by Crippen LogP contribution is 2.18. The van der Waals surface area contributed by atoms with Crippen LogP contribution in [0.2, 0.25) is 0 Å². The maximum absolute atomic E-state index is 12.7. The van der Waals surface area contributed by atoms with Gasteiger partial charge in [0.05, 0.1) is 5.92 Å². The van der Waals surface area contributed by atoms with Crippen LogP contribution in [0.3, 0.4) is 0 Å². The second-order valence-corrected chi connectivity index (χ2v) is 5.29. The third-order valence-corrected chi connectivity index (χ3v) is 3.48. The first-order valence-electron chi connectivity index (χ1n) is 7.16. The van der Waals surface area contributed by atoms with Crippen molar-refractivity contribution in [3.8, 4) is 0 Å². The Morgan fingerprint density at radius 2 is 2.10 bits per heavy atom. The molecule has 21 heavy (non-hydrogen) atoms. The van der Waals surface area contributed by atoms with Crippen molar-refractivity contribution in [1.82, 2.24) is 5.32 Å². The SMILES string of the molecule is CCCCN=C1NC=CC(Cl)=CC1C(=O)c1ccccc1. The smallest absolute Gasteiger partial charge is 0.177 e. The van der Waals surface area contributed by atoms with Gasteiger partial charge in [0.15, 0.2) is 5.78 Å². The highest BCUT2D eigenvalue weighted by atomic mass is 35.5. The van der Waals surface area contributed by atoms with E-state index in [0.717, 1.165) is 12.8 Å². The predicted molar refractivity (Wildman–Crippen MR) is 87.7 cm³/mol. The Bertz CT molecular complexity index is 576. The van der Waals surface area contributed by atoms with E-state index >= 15 is 0 Å². The number of rotatable bonds is 5. The third-order valence-electron chi connectivity index (χ3n) is 3.23. The highest BCUT2D eigenvalue weighted by Gasteiger charge is 2.24. The van der Waals surface area contributed by atoms with Gasteiger partial charge in [-0.1, -0.05) is 55.3 Å². The molecule has 0 fully saturated rings. The van der Waals surface area contributed by atoms with Crippen LogP contribution in [-0.4, -0.2) is 18.2 Å². The second-order valence-electron chi connectivity index (χ2n) is 4.86. The second kappa shape index (κ2) is 7.79. The summed E-state index contributed by atoms with van der Waals surface area (Å²) in [6, 6.07) is 9.23. The van der Waals surface area contributed by atoms with E-state index in [2.05, 4.69) is 17.2 Å². The van der Waals surface area contributed by atoms with Gasteiger partial charge in [-0.25, -0.2) is 0 Å². The Balaban J connectivity index is 2.28. The first-order valence-corrected chi connectivity index (χ1v) is 7.54. The summed E-state index contributed by atoms with van der Waals surface area (Å²) < 4.78 is 0. The van der Waals surface area contributed by atoms with Crippen LogP contribution in [0.4, 0.5) is 0 Å². The monoisotopic (exact) mass is 302 g/mol. The molecule has 0 amide bonds. The Morgan fingerprint density at radius 3 is 2.81 bits per heavy atom. The minimum absolute atomic E-state index is 0.000184. The van der Waals surface area contributed by atoms with E-state index < -0.39 is 5.92 Å². The van der Waals surface area contributed by atoms with Crippen LogP contribution in [-0.2, 0) is 0 Å². The zero-order chi connectivity index (χ0) is 15.1. The van der Waals surface area contributed by atoms with Gasteiger partial charge < -0.3 is 5.32 Å². The fourth-order valence-electron chi connectivity index (χ4n) is 2.07. The first kappa shape index (κ1) is 15.5. The van der Waals surface area contributed by atoms with Crippen molar-refractivity contribution in [1.29, 1.82) is 0 Å². The molecule has 0 saturated heterocycles. The third kappa shape index (κ3) is 4.30. The van der Waals surface area contributed by atoms with Gasteiger partial charge in [0, 0.05) is 23.3 Å². The summed E-state index contributed by atoms with van der Waals surface area (Å²) in [5, 5.41) is 3.62. The molecule has 0 saturated carbocycles. The molecule has 110 valence electrons. The summed E-state index contributed by atoms with van der Waals surface area (Å²) in [6.45, 7) is 2.82. The first-order chi connectivity index (χ1) is 10.2. The minimum Gasteiger partial charge on any atom is -0.350 e. The molecule has 0 aliphatic carbocycles. The maximum atomic E-state index is 12.7. The number of amidine groups is 1. The summed E-state index contributed by atoms with van der Waals surface area (Å²) in [6.07, 6.45) is 7.27. The molecule has 4 heteroatoms. The van der Waals surface area contributed by atoms with Crippen LogP contribution in [0.25, 0.3) is 0 Å². The molecule has 1 aliphatic heterocycles. The molecule has 1 aromatic rings. The number of aliphatic imine (C=N–C) groups is 1. The van der Waals surface area contributed by atoms with Crippen LogP contribution in [0, 0.1) is 5.92 Å². The summed E-state index contributed by atoms with van der Waals surface area (Å²) >= 11 is 6.10. The van der Waals surface area contributed by atoms with Crippen molar-refractivity contribution in [3.05, 3.63) is 59.3 Å². The molecule has 0 bridgehead atoms. The van der Waals surface area contributed by atoms with E-state index in [1.54, 1.807) is 18.4 Å². The molecule has 2 rings (SSSR count). The Morgan fingerprint density at radius 1 is 1.33 bits per heavy atom. The van der Waals surface area contributed by atoms with Crippen LogP contribution in [0.5, 0.6) is 0 Å². The molecule has 0 radical (unpaired) electrons. The van der Waals surface area contributed by atoms with E-state index in [0.29, 0.717) is 23.0 Å². The topological polar surface area (TPSA) is 41.5 Å². The van der Waals surface area contributed by atoms with Crippen LogP contribution < -0.4 is 5.32 Å². The molecule has 1 atom stereocenters. The van der Waals surface area contributed by atoms with Gasteiger partial charge in [0.1, 0.15) is 5.84 Å². The summed E-state index contributed by atoms with van der Waals surface area (Å²) in [5.41, 5.74) is 0.662. The van der Waals surface area contributed by atoms with Crippen molar-refractivity contribution in [2.45, 2.75) is 19.8 Å². The van der Waals surface area contributed by atoms with Crippen LogP contribution in [0.15, 0.2) is 58.7 Å². The van der Waals surface area contributed by atoms with Gasteiger partial charge in [0.25, 0.3) is 0 Å². The van der Waals surface area contributed by atoms with E-state index in [1.807, 2.05) is 30.3 Å². The molecule has 1 heterocycles. The normalized spacial score (nSPS) is 19.8. The van der Waals surface area contributed by atoms with Gasteiger partial charge in [-0.15, -0.1) is 0 Å². The number of ketones is 1. The number of nitrogens with one attached hydrogen (secondary N) is 1. The van der Waals surface area contributed by atoms with Crippen molar-refractivity contribution < 1.29 is 4.79 Å². The fraction of sp³-hybridized carbons (Fsp3) is 0.294. The summed E-state index contributed by atoms with van der Waals surface area (Å²) in [7, 11) is 0. The average molecular weight is 303 g/mol. The number of carbonyl (C=O) groups excluding carboxylic acids is 1. The largest absolute Gasteiger partial charge is 0.350 e. The van der Waals surface area contributed by atoms with Gasteiger partial charge in [-0.05, 0) is 18.6 Å². The highest BCUT2D eigenvalue weighted by molar-refractivity contribution is 6.32. The van der Waals surface area contributed by atoms with Gasteiger partial charge in [0.2, 0.25) is 0 Å². The molecule has 1 aromatic carbocycles. The molecule has 0 spiro atoms. The number of allylic oxidation sites excluding steroid dienone is 2. The number of halogens is 1. The molecule has 0 aromatic heterocycles. The molecule has 3 nitrogen and oxygen atoms in total. The summed E-state index contributed by atoms with van der Waals surface area (Å²) in [4.78, 5) is 17.2. The van der Waals surface area contributed by atoms with Crippen molar-refractivity contribution in [3.63, 3.8) is 0 Å². The minimum atomic E-state index is -0.466. The quantitative estimate of drug-likeness (QED) is 0.661. The van der Waals surface area contributed by atoms with Gasteiger partial charge >= 0.3 is 0 Å². The van der Waals surface area contributed by atoms with E-state index in [9.17, 15) is 4.79 Å². The van der Waals surface area contributed by atoms with Crippen LogP contribution in [0.1, 0.15) is 30.1 Å². The molecule has 1 unspecified atom stereocenters. The number of Topliss-reactive ketones (excluding diaryl/α,β-unsaturated/α-hetero) is 1. The van der Waals surface area contributed by atoms with Crippen molar-refractivity contribution in [2.75, 3.05) is 6.54 Å². The lowest BCUT2D eigenvalue weighted by atomic mass is 9.96. The zero-order valence-corrected chi connectivity index (χ0v) is 12.8. The molecule has 1 aliphatic rings. The van der Waals surface area contributed by atoms with E-state index in [4.69, 9.17) is 11.6 Å². The number of unbranched alkanes of at least 4 members (excludes halogenated alkanes) is 1. The number of hydrogen-bond donors (Lipinski definition) is 1. The van der Waals surface area contributed by atoms with Gasteiger partial charge in [-0.3, -0.25) is 9.79 Å². The maximum Gasteiger partial charge on any atom is 0.177 e. The van der Waals surface area contributed by atoms with Crippen LogP contribution >= 0.6 is 11.6 Å². The molecular weight excluding hydrogens is 284 g/mol. The number of hydrogen-bond acceptors (Lipinski definition) is 2. The Kier molecular flexibility index (Phi) is 5.76.